The molecule has 3 aromatic rings. The standard InChI is InChI=1S/C19H20N4O2/c1-13-12-15(8-9-18(13)23(20)14(2)19(24)25)17-10-11-22(21-17)16-6-4-3-5-7-16/h3-12,14H,20H2,1-2H3,(H,24,25). The van der Waals surface area contributed by atoms with Gasteiger partial charge in [-0.05, 0) is 49.7 Å². The van der Waals surface area contributed by atoms with Crippen LogP contribution in [0.5, 0.6) is 0 Å². The molecular formula is C19H20N4O2. The Morgan fingerprint density at radius 2 is 1.92 bits per heavy atom. The Morgan fingerprint density at radius 1 is 1.20 bits per heavy atom. The van der Waals surface area contributed by atoms with Crippen LogP contribution in [0.2, 0.25) is 0 Å². The highest BCUT2D eigenvalue weighted by atomic mass is 16.4. The number of carbonyl (C=O) groups is 1. The van der Waals surface area contributed by atoms with Gasteiger partial charge in [0.15, 0.2) is 0 Å². The normalized spacial score (nSPS) is 12.0. The molecule has 0 saturated heterocycles. The van der Waals surface area contributed by atoms with Gasteiger partial charge in [0.2, 0.25) is 0 Å². The highest BCUT2D eigenvalue weighted by Gasteiger charge is 2.19. The molecule has 0 amide bonds. The molecule has 0 fully saturated rings. The molecule has 0 spiro atoms. The number of hydrogen-bond donors (Lipinski definition) is 2. The van der Waals surface area contributed by atoms with E-state index in [4.69, 9.17) is 10.9 Å². The van der Waals surface area contributed by atoms with Crippen LogP contribution in [0.15, 0.2) is 60.8 Å². The molecule has 1 aromatic heterocycles. The number of carboxylic acids is 1. The third-order valence-corrected chi connectivity index (χ3v) is 4.16. The number of aromatic nitrogens is 2. The maximum absolute atomic E-state index is 11.1. The Kier molecular flexibility index (Phi) is 4.54. The van der Waals surface area contributed by atoms with Crippen molar-refractivity contribution in [1.29, 1.82) is 0 Å². The molecule has 0 aliphatic heterocycles. The fourth-order valence-corrected chi connectivity index (χ4v) is 2.63. The summed E-state index contributed by atoms with van der Waals surface area (Å²) in [4.78, 5) is 11.1. The number of anilines is 1. The van der Waals surface area contributed by atoms with E-state index < -0.39 is 12.0 Å². The van der Waals surface area contributed by atoms with Crippen LogP contribution in [0.4, 0.5) is 5.69 Å². The molecule has 1 atom stereocenters. The van der Waals surface area contributed by atoms with Crippen molar-refractivity contribution in [2.24, 2.45) is 5.84 Å². The van der Waals surface area contributed by atoms with E-state index in [2.05, 4.69) is 5.10 Å². The van der Waals surface area contributed by atoms with E-state index in [1.54, 1.807) is 6.92 Å². The summed E-state index contributed by atoms with van der Waals surface area (Å²) < 4.78 is 1.82. The Bertz CT molecular complexity index is 889. The molecule has 0 saturated carbocycles. The summed E-state index contributed by atoms with van der Waals surface area (Å²) in [5, 5.41) is 15.0. The molecule has 0 radical (unpaired) electrons. The summed E-state index contributed by atoms with van der Waals surface area (Å²) in [7, 11) is 0. The molecule has 2 aromatic carbocycles. The third-order valence-electron chi connectivity index (χ3n) is 4.16. The smallest absolute Gasteiger partial charge is 0.327 e. The minimum atomic E-state index is -0.965. The molecule has 3 N–H and O–H groups in total. The van der Waals surface area contributed by atoms with E-state index in [0.717, 1.165) is 22.5 Å². The van der Waals surface area contributed by atoms with Crippen molar-refractivity contribution in [3.05, 3.63) is 66.4 Å². The Hall–Kier alpha value is -3.12. The number of para-hydroxylation sites is 1. The summed E-state index contributed by atoms with van der Waals surface area (Å²) in [6.07, 6.45) is 1.91. The van der Waals surface area contributed by atoms with Gasteiger partial charge in [-0.15, -0.1) is 0 Å². The molecule has 0 aliphatic carbocycles. The van der Waals surface area contributed by atoms with Gasteiger partial charge in [0, 0.05) is 11.8 Å². The topological polar surface area (TPSA) is 84.4 Å². The quantitative estimate of drug-likeness (QED) is 0.553. The van der Waals surface area contributed by atoms with Crippen LogP contribution in [0.1, 0.15) is 12.5 Å². The molecule has 1 heterocycles. The molecular weight excluding hydrogens is 316 g/mol. The zero-order chi connectivity index (χ0) is 18.0. The lowest BCUT2D eigenvalue weighted by Gasteiger charge is -2.24. The van der Waals surface area contributed by atoms with E-state index in [1.807, 2.05) is 72.4 Å². The van der Waals surface area contributed by atoms with Crippen molar-refractivity contribution in [1.82, 2.24) is 9.78 Å². The SMILES string of the molecule is Cc1cc(-c2ccn(-c3ccccc3)n2)ccc1N(N)C(C)C(=O)O. The Balaban J connectivity index is 1.89. The average Bonchev–Trinajstić information content (AvgIpc) is 3.11. The van der Waals surface area contributed by atoms with Crippen LogP contribution < -0.4 is 10.9 Å². The maximum Gasteiger partial charge on any atom is 0.327 e. The lowest BCUT2D eigenvalue weighted by molar-refractivity contribution is -0.138. The molecule has 6 heteroatoms. The summed E-state index contributed by atoms with van der Waals surface area (Å²) >= 11 is 0. The lowest BCUT2D eigenvalue weighted by Crippen LogP contribution is -2.44. The minimum Gasteiger partial charge on any atom is -0.480 e. The summed E-state index contributed by atoms with van der Waals surface area (Å²) in [5.74, 6) is 4.98. The van der Waals surface area contributed by atoms with Gasteiger partial charge in [0.1, 0.15) is 6.04 Å². The zero-order valence-electron chi connectivity index (χ0n) is 14.1. The van der Waals surface area contributed by atoms with Crippen molar-refractivity contribution in [2.45, 2.75) is 19.9 Å². The lowest BCUT2D eigenvalue weighted by atomic mass is 10.1. The van der Waals surface area contributed by atoms with Gasteiger partial charge >= 0.3 is 5.97 Å². The van der Waals surface area contributed by atoms with Crippen LogP contribution in [0.3, 0.4) is 0 Å². The van der Waals surface area contributed by atoms with Gasteiger partial charge in [-0.3, -0.25) is 5.01 Å². The number of rotatable bonds is 5. The van der Waals surface area contributed by atoms with Gasteiger partial charge in [0.25, 0.3) is 0 Å². The van der Waals surface area contributed by atoms with E-state index in [0.29, 0.717) is 5.69 Å². The number of aryl methyl sites for hydroxylation is 1. The van der Waals surface area contributed by atoms with E-state index in [1.165, 1.54) is 5.01 Å². The monoisotopic (exact) mass is 336 g/mol. The highest BCUT2D eigenvalue weighted by Crippen LogP contribution is 2.26. The van der Waals surface area contributed by atoms with Gasteiger partial charge in [0.05, 0.1) is 17.1 Å². The van der Waals surface area contributed by atoms with Crippen molar-refractivity contribution in [3.63, 3.8) is 0 Å². The summed E-state index contributed by atoms with van der Waals surface area (Å²) in [6.45, 7) is 3.46. The third kappa shape index (κ3) is 3.39. The first-order valence-corrected chi connectivity index (χ1v) is 7.96. The van der Waals surface area contributed by atoms with Crippen molar-refractivity contribution in [2.75, 3.05) is 5.01 Å². The van der Waals surface area contributed by atoms with Crippen molar-refractivity contribution in [3.8, 4) is 16.9 Å². The van der Waals surface area contributed by atoms with Crippen LogP contribution >= 0.6 is 0 Å². The van der Waals surface area contributed by atoms with Gasteiger partial charge in [-0.2, -0.15) is 5.10 Å². The molecule has 1 unspecified atom stereocenters. The van der Waals surface area contributed by atoms with E-state index in [-0.39, 0.29) is 0 Å². The van der Waals surface area contributed by atoms with Gasteiger partial charge < -0.3 is 5.11 Å². The summed E-state index contributed by atoms with van der Waals surface area (Å²) in [5.41, 5.74) is 4.36. The maximum atomic E-state index is 11.1. The molecule has 3 rings (SSSR count). The molecule has 0 aliphatic rings. The first-order valence-electron chi connectivity index (χ1n) is 7.96. The number of nitrogens with two attached hydrogens (primary N) is 1. The predicted molar refractivity (Wildman–Crippen MR) is 97.5 cm³/mol. The Labute approximate surface area is 146 Å². The number of aliphatic carboxylic acids is 1. The van der Waals surface area contributed by atoms with E-state index in [9.17, 15) is 4.79 Å². The number of nitrogens with zero attached hydrogens (tertiary/aromatic N) is 3. The number of benzene rings is 2. The zero-order valence-corrected chi connectivity index (χ0v) is 14.1. The van der Waals surface area contributed by atoms with Gasteiger partial charge in [-0.1, -0.05) is 24.3 Å². The fourth-order valence-electron chi connectivity index (χ4n) is 2.63. The minimum absolute atomic E-state index is 0.682. The van der Waals surface area contributed by atoms with Crippen molar-refractivity contribution < 1.29 is 9.90 Å². The second-order valence-corrected chi connectivity index (χ2v) is 5.90. The molecule has 6 nitrogen and oxygen atoms in total. The number of hydrazine groups is 1. The largest absolute Gasteiger partial charge is 0.480 e. The van der Waals surface area contributed by atoms with Gasteiger partial charge in [-0.25, -0.2) is 15.3 Å². The van der Waals surface area contributed by atoms with Crippen LogP contribution in [-0.4, -0.2) is 26.9 Å². The predicted octanol–water partition coefficient (Wildman–Crippen LogP) is 3.00. The van der Waals surface area contributed by atoms with Crippen LogP contribution in [0, 0.1) is 6.92 Å². The first-order chi connectivity index (χ1) is 12.0. The average molecular weight is 336 g/mol. The van der Waals surface area contributed by atoms with Crippen LogP contribution in [-0.2, 0) is 4.79 Å². The number of carboxylic acid groups (broad SMARTS) is 1. The van der Waals surface area contributed by atoms with Crippen LogP contribution in [0.25, 0.3) is 16.9 Å². The second-order valence-electron chi connectivity index (χ2n) is 5.90. The Morgan fingerprint density at radius 3 is 2.56 bits per heavy atom. The van der Waals surface area contributed by atoms with E-state index >= 15 is 0 Å². The molecule has 0 bridgehead atoms. The fraction of sp³-hybridized carbons (Fsp3) is 0.158. The number of hydrogen-bond acceptors (Lipinski definition) is 4. The highest BCUT2D eigenvalue weighted by molar-refractivity contribution is 5.78. The van der Waals surface area contributed by atoms with Crippen molar-refractivity contribution >= 4 is 11.7 Å². The first kappa shape index (κ1) is 16.7. The second kappa shape index (κ2) is 6.78. The molecule has 25 heavy (non-hydrogen) atoms. The molecule has 128 valence electrons. The summed E-state index contributed by atoms with van der Waals surface area (Å²) in [6, 6.07) is 16.7.